The fraction of sp³-hybridized carbons (Fsp3) is 0.412. The van der Waals surface area contributed by atoms with Crippen LogP contribution in [-0.4, -0.2) is 23.1 Å². The summed E-state index contributed by atoms with van der Waals surface area (Å²) in [4.78, 5) is 8.55. The average Bonchev–Trinajstić information content (AvgIpc) is 2.48. The Bertz CT molecular complexity index is 482. The van der Waals surface area contributed by atoms with Crippen LogP contribution in [0.2, 0.25) is 0 Å². The van der Waals surface area contributed by atoms with Crippen LogP contribution in [0, 0.1) is 5.92 Å². The number of hydrogen-bond acceptors (Lipinski definition) is 3. The maximum Gasteiger partial charge on any atom is 0.0593 e. The number of hydrogen-bond donors (Lipinski definition) is 1. The third-order valence-corrected chi connectivity index (χ3v) is 3.29. The second-order valence-corrected chi connectivity index (χ2v) is 5.56. The third-order valence-electron chi connectivity index (χ3n) is 3.29. The molecule has 0 radical (unpaired) electrons. The first kappa shape index (κ1) is 14.7. The van der Waals surface area contributed by atoms with Crippen LogP contribution in [0.4, 0.5) is 0 Å². The van der Waals surface area contributed by atoms with Gasteiger partial charge in [-0.1, -0.05) is 44.2 Å². The summed E-state index contributed by atoms with van der Waals surface area (Å²) in [6.07, 6.45) is 6.26. The molecule has 106 valence electrons. The highest BCUT2D eigenvalue weighted by Crippen LogP contribution is 2.19. The van der Waals surface area contributed by atoms with Gasteiger partial charge < -0.3 is 5.32 Å². The summed E-state index contributed by atoms with van der Waals surface area (Å²) in [5, 5.41) is 3.56. The Hall–Kier alpha value is -1.74. The predicted molar refractivity (Wildman–Crippen MR) is 82.6 cm³/mol. The Kier molecular flexibility index (Phi) is 5.69. The molecular weight excluding hydrogens is 246 g/mol. The number of benzene rings is 1. The summed E-state index contributed by atoms with van der Waals surface area (Å²) in [5.41, 5.74) is 2.40. The molecule has 1 aromatic heterocycles. The van der Waals surface area contributed by atoms with Crippen LogP contribution in [0.25, 0.3) is 0 Å². The zero-order valence-corrected chi connectivity index (χ0v) is 12.3. The normalized spacial score (nSPS) is 12.6. The number of aromatic nitrogens is 2. The second kappa shape index (κ2) is 7.75. The second-order valence-electron chi connectivity index (χ2n) is 5.56. The highest BCUT2D eigenvalue weighted by molar-refractivity contribution is 5.21. The summed E-state index contributed by atoms with van der Waals surface area (Å²) >= 11 is 0. The molecule has 1 unspecified atom stereocenters. The zero-order valence-electron chi connectivity index (χ0n) is 12.3. The van der Waals surface area contributed by atoms with Gasteiger partial charge in [0.2, 0.25) is 0 Å². The summed E-state index contributed by atoms with van der Waals surface area (Å²) in [6, 6.07) is 10.6. The maximum absolute atomic E-state index is 4.40. The number of nitrogens with zero attached hydrogens (tertiary/aromatic N) is 2. The monoisotopic (exact) mass is 269 g/mol. The molecule has 1 atom stereocenters. The first-order valence-corrected chi connectivity index (χ1v) is 7.26. The predicted octanol–water partition coefficient (Wildman–Crippen LogP) is 3.05. The lowest BCUT2D eigenvalue weighted by atomic mass is 9.94. The molecule has 3 heteroatoms. The minimum Gasteiger partial charge on any atom is -0.316 e. The molecule has 0 fully saturated rings. The molecule has 2 aromatic rings. The molecule has 0 bridgehead atoms. The smallest absolute Gasteiger partial charge is 0.0593 e. The molecule has 0 aliphatic heterocycles. The number of rotatable bonds is 7. The molecule has 0 saturated heterocycles. The van der Waals surface area contributed by atoms with E-state index in [9.17, 15) is 0 Å². The fourth-order valence-corrected chi connectivity index (χ4v) is 2.27. The van der Waals surface area contributed by atoms with E-state index in [1.807, 2.05) is 6.20 Å². The number of nitrogens with one attached hydrogen (secondary N) is 1. The quantitative estimate of drug-likeness (QED) is 0.839. The van der Waals surface area contributed by atoms with Crippen LogP contribution >= 0.6 is 0 Å². The lowest BCUT2D eigenvalue weighted by Gasteiger charge is -2.18. The van der Waals surface area contributed by atoms with Crippen LogP contribution in [0.1, 0.15) is 31.0 Å². The lowest BCUT2D eigenvalue weighted by molar-refractivity contribution is 0.512. The molecule has 2 rings (SSSR count). The van der Waals surface area contributed by atoms with Crippen molar-refractivity contribution >= 4 is 0 Å². The third kappa shape index (κ3) is 4.74. The van der Waals surface area contributed by atoms with Crippen molar-refractivity contribution in [2.45, 2.75) is 26.2 Å². The van der Waals surface area contributed by atoms with Crippen LogP contribution < -0.4 is 5.32 Å². The largest absolute Gasteiger partial charge is 0.316 e. The van der Waals surface area contributed by atoms with E-state index >= 15 is 0 Å². The van der Waals surface area contributed by atoms with Crippen LogP contribution in [0.5, 0.6) is 0 Å². The van der Waals surface area contributed by atoms with Crippen molar-refractivity contribution in [3.05, 3.63) is 60.2 Å². The van der Waals surface area contributed by atoms with Gasteiger partial charge in [-0.05, 0) is 24.4 Å². The standard InChI is InChI=1S/C17H23N3/c1-14(2)11-19-12-16(15-6-4-3-5-7-15)10-17-13-18-8-9-20-17/h3-9,13-14,16,19H,10-12H2,1-2H3. The van der Waals surface area contributed by atoms with Crippen molar-refractivity contribution in [3.8, 4) is 0 Å². The van der Waals surface area contributed by atoms with Gasteiger partial charge in [-0.2, -0.15) is 0 Å². The topological polar surface area (TPSA) is 37.8 Å². The van der Waals surface area contributed by atoms with Gasteiger partial charge in [0.15, 0.2) is 0 Å². The Morgan fingerprint density at radius 3 is 2.50 bits per heavy atom. The molecular formula is C17H23N3. The first-order chi connectivity index (χ1) is 9.75. The minimum absolute atomic E-state index is 0.437. The highest BCUT2D eigenvalue weighted by atomic mass is 14.9. The molecule has 1 aromatic carbocycles. The van der Waals surface area contributed by atoms with E-state index in [0.717, 1.165) is 25.2 Å². The van der Waals surface area contributed by atoms with E-state index in [0.29, 0.717) is 11.8 Å². The van der Waals surface area contributed by atoms with Crippen molar-refractivity contribution in [3.63, 3.8) is 0 Å². The lowest BCUT2D eigenvalue weighted by Crippen LogP contribution is -2.26. The van der Waals surface area contributed by atoms with E-state index in [4.69, 9.17) is 0 Å². The van der Waals surface area contributed by atoms with Crippen LogP contribution in [0.15, 0.2) is 48.9 Å². The summed E-state index contributed by atoms with van der Waals surface area (Å²) in [7, 11) is 0. The Morgan fingerprint density at radius 1 is 1.05 bits per heavy atom. The molecule has 0 spiro atoms. The molecule has 0 aliphatic carbocycles. The SMILES string of the molecule is CC(C)CNCC(Cc1cnccn1)c1ccccc1. The minimum atomic E-state index is 0.437. The van der Waals surface area contributed by atoms with Crippen molar-refractivity contribution in [2.24, 2.45) is 5.92 Å². The van der Waals surface area contributed by atoms with E-state index in [-0.39, 0.29) is 0 Å². The van der Waals surface area contributed by atoms with Gasteiger partial charge >= 0.3 is 0 Å². The van der Waals surface area contributed by atoms with Crippen LogP contribution in [0.3, 0.4) is 0 Å². The fourth-order valence-electron chi connectivity index (χ4n) is 2.27. The van der Waals surface area contributed by atoms with Crippen molar-refractivity contribution in [2.75, 3.05) is 13.1 Å². The average molecular weight is 269 g/mol. The van der Waals surface area contributed by atoms with Gasteiger partial charge in [0.05, 0.1) is 5.69 Å². The molecule has 3 nitrogen and oxygen atoms in total. The van der Waals surface area contributed by atoms with Gasteiger partial charge in [-0.25, -0.2) is 0 Å². The molecule has 1 N–H and O–H groups in total. The van der Waals surface area contributed by atoms with Crippen molar-refractivity contribution < 1.29 is 0 Å². The summed E-state index contributed by atoms with van der Waals surface area (Å²) in [5.74, 6) is 1.11. The van der Waals surface area contributed by atoms with Gasteiger partial charge in [-0.15, -0.1) is 0 Å². The Labute approximate surface area is 121 Å². The van der Waals surface area contributed by atoms with E-state index in [2.05, 4.69) is 59.5 Å². The first-order valence-electron chi connectivity index (χ1n) is 7.26. The summed E-state index contributed by atoms with van der Waals surface area (Å²) < 4.78 is 0. The van der Waals surface area contributed by atoms with Crippen molar-refractivity contribution in [1.82, 2.24) is 15.3 Å². The van der Waals surface area contributed by atoms with E-state index in [1.54, 1.807) is 12.4 Å². The summed E-state index contributed by atoms with van der Waals surface area (Å²) in [6.45, 7) is 6.48. The Balaban J connectivity index is 2.04. The van der Waals surface area contributed by atoms with Crippen molar-refractivity contribution in [1.29, 1.82) is 0 Å². The van der Waals surface area contributed by atoms with Gasteiger partial charge in [0.1, 0.15) is 0 Å². The van der Waals surface area contributed by atoms with Gasteiger partial charge in [-0.3, -0.25) is 9.97 Å². The van der Waals surface area contributed by atoms with Gasteiger partial charge in [0, 0.05) is 31.1 Å². The molecule has 0 amide bonds. The zero-order chi connectivity index (χ0) is 14.2. The molecule has 0 aliphatic rings. The highest BCUT2D eigenvalue weighted by Gasteiger charge is 2.13. The van der Waals surface area contributed by atoms with E-state index < -0.39 is 0 Å². The molecule has 20 heavy (non-hydrogen) atoms. The Morgan fingerprint density at radius 2 is 1.85 bits per heavy atom. The van der Waals surface area contributed by atoms with Gasteiger partial charge in [0.25, 0.3) is 0 Å². The molecule has 1 heterocycles. The maximum atomic E-state index is 4.40. The van der Waals surface area contributed by atoms with E-state index in [1.165, 1.54) is 5.56 Å². The van der Waals surface area contributed by atoms with Crippen LogP contribution in [-0.2, 0) is 6.42 Å². The molecule has 0 saturated carbocycles.